The molecule has 1 aromatic carbocycles. The maximum absolute atomic E-state index is 12.9. The highest BCUT2D eigenvalue weighted by atomic mass is 16.6. The fourth-order valence-electron chi connectivity index (χ4n) is 3.40. The minimum atomic E-state index is -0.867. The van der Waals surface area contributed by atoms with Crippen LogP contribution in [0.5, 0.6) is 0 Å². The number of aromatic nitrogens is 1. The molecule has 0 saturated carbocycles. The van der Waals surface area contributed by atoms with Crippen molar-refractivity contribution in [2.45, 2.75) is 12.6 Å². The summed E-state index contributed by atoms with van der Waals surface area (Å²) in [6.07, 6.45) is 4.51. The Labute approximate surface area is 170 Å². The first kappa shape index (κ1) is 19.1. The zero-order valence-corrected chi connectivity index (χ0v) is 15.5. The van der Waals surface area contributed by atoms with Gasteiger partial charge in [-0.25, -0.2) is 0 Å². The number of nitro groups is 1. The lowest BCUT2D eigenvalue weighted by molar-refractivity contribution is -0.384. The number of nitro benzene ring substituents is 1. The van der Waals surface area contributed by atoms with Gasteiger partial charge in [-0.2, -0.15) is 0 Å². The van der Waals surface area contributed by atoms with Gasteiger partial charge in [0.25, 0.3) is 17.4 Å². The number of amides is 1. The predicted molar refractivity (Wildman–Crippen MR) is 104 cm³/mol. The number of ketones is 1. The van der Waals surface area contributed by atoms with Gasteiger partial charge in [0.2, 0.25) is 0 Å². The van der Waals surface area contributed by atoms with Crippen LogP contribution in [0.4, 0.5) is 5.69 Å². The van der Waals surface area contributed by atoms with E-state index in [0.29, 0.717) is 11.3 Å². The first-order valence-electron chi connectivity index (χ1n) is 8.93. The second-order valence-electron chi connectivity index (χ2n) is 6.59. The highest BCUT2D eigenvalue weighted by Gasteiger charge is 2.46. The van der Waals surface area contributed by atoms with Crippen LogP contribution in [-0.4, -0.2) is 31.6 Å². The van der Waals surface area contributed by atoms with E-state index < -0.39 is 28.4 Å². The van der Waals surface area contributed by atoms with Gasteiger partial charge in [-0.15, -0.1) is 0 Å². The molecule has 9 heteroatoms. The quantitative estimate of drug-likeness (QED) is 0.227. The zero-order chi connectivity index (χ0) is 21.3. The molecule has 1 saturated heterocycles. The number of non-ortho nitro benzene ring substituents is 1. The van der Waals surface area contributed by atoms with Gasteiger partial charge in [-0.3, -0.25) is 24.7 Å². The van der Waals surface area contributed by atoms with Crippen LogP contribution < -0.4 is 0 Å². The number of likely N-dealkylation sites (tertiary alicyclic amines) is 1. The number of aliphatic hydroxyl groups excluding tert-OH is 1. The van der Waals surface area contributed by atoms with E-state index in [1.807, 2.05) is 0 Å². The number of hydrogen-bond donors (Lipinski definition) is 1. The van der Waals surface area contributed by atoms with E-state index in [2.05, 4.69) is 4.98 Å². The Morgan fingerprint density at radius 1 is 1.13 bits per heavy atom. The summed E-state index contributed by atoms with van der Waals surface area (Å²) in [6.45, 7) is 0.0294. The molecule has 1 atom stereocenters. The topological polar surface area (TPSA) is 127 Å². The van der Waals surface area contributed by atoms with Crippen molar-refractivity contribution in [3.8, 4) is 0 Å². The summed E-state index contributed by atoms with van der Waals surface area (Å²) in [5, 5.41) is 21.8. The minimum absolute atomic E-state index is 0.0294. The Morgan fingerprint density at radius 3 is 2.43 bits per heavy atom. The van der Waals surface area contributed by atoms with Crippen LogP contribution in [0.25, 0.3) is 5.76 Å². The molecule has 3 aromatic rings. The molecule has 1 aliphatic rings. The van der Waals surface area contributed by atoms with Crippen LogP contribution in [0.1, 0.15) is 22.9 Å². The predicted octanol–water partition coefficient (Wildman–Crippen LogP) is 3.20. The lowest BCUT2D eigenvalue weighted by atomic mass is 9.96. The van der Waals surface area contributed by atoms with Crippen molar-refractivity contribution in [1.82, 2.24) is 9.88 Å². The van der Waals surface area contributed by atoms with E-state index in [-0.39, 0.29) is 23.4 Å². The molecule has 30 heavy (non-hydrogen) atoms. The van der Waals surface area contributed by atoms with Gasteiger partial charge in [0, 0.05) is 30.1 Å². The monoisotopic (exact) mass is 405 g/mol. The molecular weight excluding hydrogens is 390 g/mol. The molecule has 0 bridgehead atoms. The van der Waals surface area contributed by atoms with Gasteiger partial charge < -0.3 is 14.4 Å². The Kier molecular flexibility index (Phi) is 4.85. The zero-order valence-electron chi connectivity index (χ0n) is 15.5. The summed E-state index contributed by atoms with van der Waals surface area (Å²) in [7, 11) is 0. The number of hydrogen-bond acceptors (Lipinski definition) is 7. The summed E-state index contributed by atoms with van der Waals surface area (Å²) in [5.74, 6) is -1.56. The number of carbonyl (C=O) groups excluding carboxylic acids is 2. The number of furan rings is 1. The molecule has 150 valence electrons. The van der Waals surface area contributed by atoms with Crippen molar-refractivity contribution in [2.75, 3.05) is 0 Å². The fraction of sp³-hybridized carbons (Fsp3) is 0.0952. The van der Waals surface area contributed by atoms with Gasteiger partial charge in [0.1, 0.15) is 11.5 Å². The Bertz CT molecular complexity index is 1140. The van der Waals surface area contributed by atoms with Crippen LogP contribution in [0.15, 0.2) is 77.2 Å². The number of Topliss-reactive ketones (excluding diaryl/α,β-unsaturated/α-hetero) is 1. The average molecular weight is 405 g/mol. The van der Waals surface area contributed by atoms with E-state index in [4.69, 9.17) is 4.42 Å². The molecule has 0 aliphatic carbocycles. The minimum Gasteiger partial charge on any atom is -0.507 e. The Morgan fingerprint density at radius 2 is 1.83 bits per heavy atom. The number of nitrogens with zero attached hydrogens (tertiary/aromatic N) is 3. The number of aliphatic hydroxyl groups is 1. The molecular formula is C21H15N3O6. The standard InChI is InChI=1S/C21H15N3O6/c25-19(14-3-5-15(6-4-14)24(28)29)17-18(13-7-9-22-10-8-13)23(21(27)20(17)26)12-16-2-1-11-30-16/h1-11,18,25H,12H2/b19-17-. The second-order valence-corrected chi connectivity index (χ2v) is 6.59. The normalized spacial score (nSPS) is 18.0. The highest BCUT2D eigenvalue weighted by molar-refractivity contribution is 6.46. The lowest BCUT2D eigenvalue weighted by Crippen LogP contribution is -2.29. The van der Waals surface area contributed by atoms with Crippen LogP contribution >= 0.6 is 0 Å². The summed E-state index contributed by atoms with van der Waals surface area (Å²) in [6, 6.07) is 10.9. The molecule has 4 rings (SSSR count). The summed E-state index contributed by atoms with van der Waals surface area (Å²) in [4.78, 5) is 41.2. The van der Waals surface area contributed by atoms with Crippen molar-refractivity contribution >= 4 is 23.1 Å². The fourth-order valence-corrected chi connectivity index (χ4v) is 3.40. The van der Waals surface area contributed by atoms with E-state index >= 15 is 0 Å². The molecule has 1 unspecified atom stereocenters. The van der Waals surface area contributed by atoms with Crippen molar-refractivity contribution in [3.63, 3.8) is 0 Å². The first-order valence-corrected chi connectivity index (χ1v) is 8.93. The second kappa shape index (κ2) is 7.63. The van der Waals surface area contributed by atoms with E-state index in [0.717, 1.165) is 0 Å². The number of carbonyl (C=O) groups is 2. The van der Waals surface area contributed by atoms with Crippen LogP contribution in [0.3, 0.4) is 0 Å². The number of benzene rings is 1. The van der Waals surface area contributed by atoms with Crippen molar-refractivity contribution in [2.24, 2.45) is 0 Å². The van der Waals surface area contributed by atoms with E-state index in [1.165, 1.54) is 47.8 Å². The van der Waals surface area contributed by atoms with Gasteiger partial charge in [-0.1, -0.05) is 0 Å². The third-order valence-electron chi connectivity index (χ3n) is 4.82. The van der Waals surface area contributed by atoms with Crippen LogP contribution in [0, 0.1) is 10.1 Å². The van der Waals surface area contributed by atoms with Gasteiger partial charge >= 0.3 is 0 Å². The molecule has 0 radical (unpaired) electrons. The van der Waals surface area contributed by atoms with Crippen molar-refractivity contribution in [3.05, 3.63) is 99.8 Å². The van der Waals surface area contributed by atoms with Crippen LogP contribution in [-0.2, 0) is 16.1 Å². The van der Waals surface area contributed by atoms with Crippen LogP contribution in [0.2, 0.25) is 0 Å². The molecule has 1 fully saturated rings. The summed E-state index contributed by atoms with van der Waals surface area (Å²) < 4.78 is 5.32. The third-order valence-corrected chi connectivity index (χ3v) is 4.82. The lowest BCUT2D eigenvalue weighted by Gasteiger charge is -2.24. The van der Waals surface area contributed by atoms with E-state index in [9.17, 15) is 24.8 Å². The molecule has 1 amide bonds. The number of pyridine rings is 1. The van der Waals surface area contributed by atoms with E-state index in [1.54, 1.807) is 24.3 Å². The molecule has 3 heterocycles. The maximum atomic E-state index is 12.9. The highest BCUT2D eigenvalue weighted by Crippen LogP contribution is 2.40. The van der Waals surface area contributed by atoms with Gasteiger partial charge in [-0.05, 0) is 42.0 Å². The Hall–Kier alpha value is -4.27. The maximum Gasteiger partial charge on any atom is 0.296 e. The Balaban J connectivity index is 1.83. The average Bonchev–Trinajstić information content (AvgIpc) is 3.36. The largest absolute Gasteiger partial charge is 0.507 e. The number of rotatable bonds is 5. The molecule has 1 aliphatic heterocycles. The third kappa shape index (κ3) is 3.32. The first-order chi connectivity index (χ1) is 14.5. The molecule has 2 aromatic heterocycles. The summed E-state index contributed by atoms with van der Waals surface area (Å²) >= 11 is 0. The van der Waals surface area contributed by atoms with Crippen molar-refractivity contribution in [1.29, 1.82) is 0 Å². The molecule has 0 spiro atoms. The smallest absolute Gasteiger partial charge is 0.296 e. The summed E-state index contributed by atoms with van der Waals surface area (Å²) in [5.41, 5.74) is 0.511. The van der Waals surface area contributed by atoms with Gasteiger partial charge in [0.05, 0.1) is 29.3 Å². The van der Waals surface area contributed by atoms with Gasteiger partial charge in [0.15, 0.2) is 0 Å². The molecule has 1 N–H and O–H groups in total. The van der Waals surface area contributed by atoms with Crippen molar-refractivity contribution < 1.29 is 24.0 Å². The SMILES string of the molecule is O=C1C(=O)N(Cc2ccco2)C(c2ccncc2)/C1=C(/O)c1ccc([N+](=O)[O-])cc1. The molecule has 9 nitrogen and oxygen atoms in total.